The molecule has 0 fully saturated rings. The van der Waals surface area contributed by atoms with Gasteiger partial charge in [0.1, 0.15) is 24.7 Å². The van der Waals surface area contributed by atoms with Crippen LogP contribution in [0.25, 0.3) is 50.5 Å². The van der Waals surface area contributed by atoms with E-state index in [-0.39, 0.29) is 34.7 Å². The molecule has 0 N–H and O–H groups in total. The van der Waals surface area contributed by atoms with Gasteiger partial charge < -0.3 is 14.2 Å². The molecule has 0 aliphatic rings. The number of carbonyl (C=O) groups is 6. The molecule has 0 saturated heterocycles. The Balaban J connectivity index is 0.000000209. The Morgan fingerprint density at radius 1 is 0.388 bits per heavy atom. The monoisotopic (exact) mass is 894 g/mol. The maximum absolute atomic E-state index is 12.2. The second-order valence-corrected chi connectivity index (χ2v) is 15.6. The fourth-order valence-corrected chi connectivity index (χ4v) is 6.95. The molecule has 0 saturated carbocycles. The Hall–Kier alpha value is -7.88. The zero-order chi connectivity index (χ0) is 48.3. The summed E-state index contributed by atoms with van der Waals surface area (Å²) >= 11 is 0. The van der Waals surface area contributed by atoms with Crippen molar-refractivity contribution in [3.05, 3.63) is 185 Å². The van der Waals surface area contributed by atoms with E-state index < -0.39 is 0 Å². The Kier molecular flexibility index (Phi) is 18.7. The van der Waals surface area contributed by atoms with Crippen LogP contribution in [0.4, 0.5) is 0 Å². The SMILES string of the molecule is CC(=O)C=Cc1ccc(C(C)=O)cc1.CC(=O)C=Cc1ccc2cc(C=CC(C)=O)ccc2c1.CC(=O)c1c(OCCOCCOc2ccc3ccccc3c2C(C)=O)ccc2ccccc12. The predicted molar refractivity (Wildman–Crippen MR) is 269 cm³/mol. The highest BCUT2D eigenvalue weighted by molar-refractivity contribution is 6.10. The van der Waals surface area contributed by atoms with Crippen LogP contribution in [0.3, 0.4) is 0 Å². The molecule has 67 heavy (non-hydrogen) atoms. The topological polar surface area (TPSA) is 130 Å². The van der Waals surface area contributed by atoms with Crippen LogP contribution in [0, 0.1) is 0 Å². The molecule has 9 heteroatoms. The summed E-state index contributed by atoms with van der Waals surface area (Å²) in [4.78, 5) is 67.9. The summed E-state index contributed by atoms with van der Waals surface area (Å²) in [7, 11) is 0. The average molecular weight is 895 g/mol. The van der Waals surface area contributed by atoms with Gasteiger partial charge >= 0.3 is 0 Å². The first-order chi connectivity index (χ1) is 32.2. The fourth-order valence-electron chi connectivity index (χ4n) is 6.95. The van der Waals surface area contributed by atoms with Crippen molar-refractivity contribution in [2.75, 3.05) is 26.4 Å². The van der Waals surface area contributed by atoms with Crippen LogP contribution < -0.4 is 9.47 Å². The number of allylic oxidation sites excluding steroid dienone is 3. The van der Waals surface area contributed by atoms with E-state index in [2.05, 4.69) is 0 Å². The van der Waals surface area contributed by atoms with Gasteiger partial charge in [0.05, 0.1) is 24.3 Å². The van der Waals surface area contributed by atoms with Gasteiger partial charge in [0.15, 0.2) is 34.7 Å². The number of carbonyl (C=O) groups excluding carboxylic acids is 6. The summed E-state index contributed by atoms with van der Waals surface area (Å²) in [5, 5.41) is 5.98. The molecule has 340 valence electrons. The average Bonchev–Trinajstić information content (AvgIpc) is 3.31. The van der Waals surface area contributed by atoms with Crippen molar-refractivity contribution >= 4 is 85.2 Å². The highest BCUT2D eigenvalue weighted by atomic mass is 16.5. The molecule has 7 rings (SSSR count). The molecule has 7 aromatic carbocycles. The van der Waals surface area contributed by atoms with Crippen LogP contribution >= 0.6 is 0 Å². The molecule has 0 spiro atoms. The number of rotatable bonds is 17. The van der Waals surface area contributed by atoms with Crippen LogP contribution in [-0.4, -0.2) is 61.1 Å². The van der Waals surface area contributed by atoms with Gasteiger partial charge in [-0.25, -0.2) is 0 Å². The van der Waals surface area contributed by atoms with E-state index in [9.17, 15) is 28.8 Å². The molecule has 0 heterocycles. The van der Waals surface area contributed by atoms with Crippen LogP contribution in [0.1, 0.15) is 89.3 Å². The smallest absolute Gasteiger partial charge is 0.164 e. The van der Waals surface area contributed by atoms with Gasteiger partial charge in [-0.2, -0.15) is 0 Å². The molecule has 0 bridgehead atoms. The summed E-state index contributed by atoms with van der Waals surface area (Å²) in [6.07, 6.45) is 9.97. The highest BCUT2D eigenvalue weighted by Crippen LogP contribution is 2.30. The third-order valence-electron chi connectivity index (χ3n) is 10.2. The van der Waals surface area contributed by atoms with Gasteiger partial charge in [0.25, 0.3) is 0 Å². The maximum atomic E-state index is 12.2. The van der Waals surface area contributed by atoms with E-state index in [0.717, 1.165) is 49.0 Å². The molecule has 7 aromatic rings. The summed E-state index contributed by atoms with van der Waals surface area (Å²) in [6, 6.07) is 42.2. The zero-order valence-corrected chi connectivity index (χ0v) is 38.7. The molecular formula is C58H54O9. The van der Waals surface area contributed by atoms with E-state index >= 15 is 0 Å². The second kappa shape index (κ2) is 25.0. The van der Waals surface area contributed by atoms with Crippen LogP contribution in [-0.2, 0) is 19.1 Å². The van der Waals surface area contributed by atoms with Gasteiger partial charge in [-0.15, -0.1) is 0 Å². The lowest BCUT2D eigenvalue weighted by atomic mass is 10.0. The number of hydrogen-bond acceptors (Lipinski definition) is 9. The second-order valence-electron chi connectivity index (χ2n) is 15.6. The molecule has 0 radical (unpaired) electrons. The summed E-state index contributed by atoms with van der Waals surface area (Å²) in [6.45, 7) is 10.5. The van der Waals surface area contributed by atoms with Crippen molar-refractivity contribution in [2.45, 2.75) is 41.5 Å². The number of ether oxygens (including phenoxy) is 3. The largest absolute Gasteiger partial charge is 0.490 e. The number of ketones is 6. The summed E-state index contributed by atoms with van der Waals surface area (Å²) in [5.41, 5.74) is 4.78. The van der Waals surface area contributed by atoms with Gasteiger partial charge in [0, 0.05) is 5.56 Å². The normalized spacial score (nSPS) is 11.0. The standard InChI is InChI=1S/C28H26O5.C18H16O2.C12H12O2/c1-19(29)27-23-9-5-3-7-21(23)11-13-25(27)32-17-15-31-16-18-33-26-14-12-22-8-4-6-10-24(22)28(26)20(2)30;1-13(19)3-5-15-7-9-18-12-16(6-4-14(2)20)8-10-17(18)11-15;1-9(13)3-4-11-5-7-12(8-6-11)10(2)14/h3-14H,15-18H2,1-2H3;3-12H,1-2H3;3-8H,1-2H3. The van der Waals surface area contributed by atoms with Gasteiger partial charge in [-0.05, 0) is 133 Å². The number of fused-ring (bicyclic) bond motifs is 3. The Morgan fingerprint density at radius 2 is 0.761 bits per heavy atom. The van der Waals surface area contributed by atoms with Crippen molar-refractivity contribution < 1.29 is 43.0 Å². The Bertz CT molecular complexity index is 2840. The minimum Gasteiger partial charge on any atom is -0.490 e. The van der Waals surface area contributed by atoms with Crippen LogP contribution in [0.2, 0.25) is 0 Å². The molecule has 0 aromatic heterocycles. The number of Topliss-reactive ketones (excluding diaryl/α,β-unsaturated/α-hetero) is 3. The molecule has 9 nitrogen and oxygen atoms in total. The molecular weight excluding hydrogens is 841 g/mol. The predicted octanol–water partition coefficient (Wildman–Crippen LogP) is 12.4. The van der Waals surface area contributed by atoms with E-state index in [0.29, 0.717) is 54.6 Å². The Labute approximate surface area is 391 Å². The van der Waals surface area contributed by atoms with Crippen LogP contribution in [0.5, 0.6) is 11.5 Å². The molecule has 0 amide bonds. The highest BCUT2D eigenvalue weighted by Gasteiger charge is 2.14. The molecule has 0 atom stereocenters. The van der Waals surface area contributed by atoms with E-state index in [1.807, 2.05) is 133 Å². The van der Waals surface area contributed by atoms with Gasteiger partial charge in [-0.1, -0.05) is 127 Å². The maximum Gasteiger partial charge on any atom is 0.164 e. The van der Waals surface area contributed by atoms with Gasteiger partial charge in [0.2, 0.25) is 0 Å². The minimum absolute atomic E-state index is 0.0145. The van der Waals surface area contributed by atoms with Gasteiger partial charge in [-0.3, -0.25) is 28.8 Å². The lowest BCUT2D eigenvalue weighted by molar-refractivity contribution is -0.113. The van der Waals surface area contributed by atoms with Crippen LogP contribution in [0.15, 0.2) is 152 Å². The quantitative estimate of drug-likeness (QED) is 0.0498. The summed E-state index contributed by atoms with van der Waals surface area (Å²) in [5.74, 6) is 1.18. The minimum atomic E-state index is -0.0345. The third-order valence-corrected chi connectivity index (χ3v) is 10.2. The first kappa shape index (κ1) is 50.1. The van der Waals surface area contributed by atoms with Crippen molar-refractivity contribution in [1.82, 2.24) is 0 Å². The van der Waals surface area contributed by atoms with E-state index in [4.69, 9.17) is 14.2 Å². The number of hydrogen-bond donors (Lipinski definition) is 0. The first-order valence-corrected chi connectivity index (χ1v) is 21.8. The molecule has 0 aliphatic heterocycles. The van der Waals surface area contributed by atoms with Crippen molar-refractivity contribution in [2.24, 2.45) is 0 Å². The lowest BCUT2D eigenvalue weighted by Crippen LogP contribution is -2.14. The van der Waals surface area contributed by atoms with Crippen molar-refractivity contribution in [3.63, 3.8) is 0 Å². The third kappa shape index (κ3) is 15.4. The molecule has 0 aliphatic carbocycles. The van der Waals surface area contributed by atoms with E-state index in [1.165, 1.54) is 33.8 Å². The number of benzene rings is 7. The van der Waals surface area contributed by atoms with Crippen molar-refractivity contribution in [1.29, 1.82) is 0 Å². The van der Waals surface area contributed by atoms with E-state index in [1.54, 1.807) is 44.2 Å². The lowest BCUT2D eigenvalue weighted by Gasteiger charge is -2.14. The summed E-state index contributed by atoms with van der Waals surface area (Å²) < 4.78 is 17.3. The Morgan fingerprint density at radius 3 is 1.15 bits per heavy atom. The fraction of sp³-hybridized carbons (Fsp3) is 0.172. The molecule has 0 unspecified atom stereocenters. The zero-order valence-electron chi connectivity index (χ0n) is 38.7. The first-order valence-electron chi connectivity index (χ1n) is 21.8. The van der Waals surface area contributed by atoms with Crippen molar-refractivity contribution in [3.8, 4) is 11.5 Å².